The zero-order chi connectivity index (χ0) is 13.1. The molecule has 2 aromatic rings. The Morgan fingerprint density at radius 3 is 2.44 bits per heavy atom. The zero-order valence-electron chi connectivity index (χ0n) is 9.26. The summed E-state index contributed by atoms with van der Waals surface area (Å²) in [5, 5.41) is 9.61. The monoisotopic (exact) mass is 263 g/mol. The number of rotatable bonds is 3. The highest BCUT2D eigenvalue weighted by molar-refractivity contribution is 6.30. The number of nitrogens with two attached hydrogens (primary N) is 1. The van der Waals surface area contributed by atoms with Crippen molar-refractivity contribution in [2.24, 2.45) is 0 Å². The number of benzene rings is 2. The van der Waals surface area contributed by atoms with Crippen LogP contribution in [-0.2, 0) is 0 Å². The third kappa shape index (κ3) is 2.73. The number of halogens is 1. The summed E-state index contributed by atoms with van der Waals surface area (Å²) in [6.45, 7) is 0. The predicted octanol–water partition coefficient (Wildman–Crippen LogP) is 3.41. The molecule has 2 rings (SSSR count). The smallest absolute Gasteiger partial charge is 0.339 e. The van der Waals surface area contributed by atoms with Crippen molar-refractivity contribution in [1.29, 1.82) is 0 Å². The minimum Gasteiger partial charge on any atom is -0.478 e. The lowest BCUT2D eigenvalue weighted by atomic mass is 10.2. The van der Waals surface area contributed by atoms with Crippen molar-refractivity contribution in [1.82, 2.24) is 0 Å². The molecule has 0 radical (unpaired) electrons. The Bertz CT molecular complexity index is 581. The minimum atomic E-state index is -1.07. The normalized spacial score (nSPS) is 10.1. The van der Waals surface area contributed by atoms with Crippen LogP contribution < -0.4 is 10.5 Å². The minimum absolute atomic E-state index is 0.0548. The van der Waals surface area contributed by atoms with Gasteiger partial charge in [-0.1, -0.05) is 11.6 Å². The van der Waals surface area contributed by atoms with E-state index < -0.39 is 5.97 Å². The Labute approximate surface area is 109 Å². The van der Waals surface area contributed by atoms with Gasteiger partial charge in [0.25, 0.3) is 0 Å². The van der Waals surface area contributed by atoms with E-state index in [1.807, 2.05) is 0 Å². The summed E-state index contributed by atoms with van der Waals surface area (Å²) in [6.07, 6.45) is 0. The van der Waals surface area contributed by atoms with E-state index in [0.29, 0.717) is 16.5 Å². The zero-order valence-corrected chi connectivity index (χ0v) is 10.0. The van der Waals surface area contributed by atoms with Crippen LogP contribution in [0.1, 0.15) is 10.4 Å². The van der Waals surface area contributed by atoms with E-state index in [1.54, 1.807) is 24.3 Å². The van der Waals surface area contributed by atoms with Crippen molar-refractivity contribution in [3.63, 3.8) is 0 Å². The summed E-state index contributed by atoms with van der Waals surface area (Å²) in [5.74, 6) is -0.378. The van der Waals surface area contributed by atoms with E-state index in [0.717, 1.165) is 0 Å². The van der Waals surface area contributed by atoms with E-state index in [2.05, 4.69) is 0 Å². The Morgan fingerprint density at radius 1 is 1.17 bits per heavy atom. The van der Waals surface area contributed by atoms with Gasteiger partial charge in [-0.2, -0.15) is 0 Å². The highest BCUT2D eigenvalue weighted by atomic mass is 35.5. The summed E-state index contributed by atoms with van der Waals surface area (Å²) in [7, 11) is 0. The summed E-state index contributed by atoms with van der Waals surface area (Å²) in [5.41, 5.74) is 6.10. The molecule has 0 amide bonds. The van der Waals surface area contributed by atoms with Crippen molar-refractivity contribution in [2.45, 2.75) is 0 Å². The van der Waals surface area contributed by atoms with Crippen LogP contribution in [0.5, 0.6) is 11.5 Å². The molecule has 18 heavy (non-hydrogen) atoms. The number of ether oxygens (including phenoxy) is 1. The van der Waals surface area contributed by atoms with Gasteiger partial charge in [0.15, 0.2) is 0 Å². The van der Waals surface area contributed by atoms with Gasteiger partial charge < -0.3 is 15.6 Å². The lowest BCUT2D eigenvalue weighted by Gasteiger charge is -2.09. The molecule has 0 fully saturated rings. The van der Waals surface area contributed by atoms with Crippen molar-refractivity contribution in [2.75, 3.05) is 5.73 Å². The molecule has 4 nitrogen and oxygen atoms in total. The number of aromatic carboxylic acids is 1. The van der Waals surface area contributed by atoms with Gasteiger partial charge in [-0.3, -0.25) is 0 Å². The van der Waals surface area contributed by atoms with E-state index in [4.69, 9.17) is 27.2 Å². The Hall–Kier alpha value is -2.20. The summed E-state index contributed by atoms with van der Waals surface area (Å²) in [4.78, 5) is 11.0. The highest BCUT2D eigenvalue weighted by Gasteiger charge is 2.12. The standard InChI is InChI=1S/C13H10ClNO3/c14-8-1-4-10(5-2-8)18-12-7-9(15)3-6-11(12)13(16)17/h1-7H,15H2,(H,16,17). The van der Waals surface area contributed by atoms with E-state index in [-0.39, 0.29) is 11.3 Å². The van der Waals surface area contributed by atoms with Crippen molar-refractivity contribution < 1.29 is 14.6 Å². The lowest BCUT2D eigenvalue weighted by Crippen LogP contribution is -2.01. The molecular weight excluding hydrogens is 254 g/mol. The van der Waals surface area contributed by atoms with Gasteiger partial charge in [-0.15, -0.1) is 0 Å². The molecule has 0 aliphatic rings. The molecule has 0 aromatic heterocycles. The molecule has 5 heteroatoms. The van der Waals surface area contributed by atoms with Gasteiger partial charge in [0, 0.05) is 16.8 Å². The van der Waals surface area contributed by atoms with Gasteiger partial charge in [-0.05, 0) is 36.4 Å². The largest absolute Gasteiger partial charge is 0.478 e. The molecule has 0 saturated heterocycles. The first kappa shape index (κ1) is 12.3. The molecule has 0 aliphatic carbocycles. The number of nitrogen functional groups attached to an aromatic ring is 1. The maximum absolute atomic E-state index is 11.0. The highest BCUT2D eigenvalue weighted by Crippen LogP contribution is 2.28. The van der Waals surface area contributed by atoms with Crippen LogP contribution in [0.3, 0.4) is 0 Å². The van der Waals surface area contributed by atoms with Crippen LogP contribution in [-0.4, -0.2) is 11.1 Å². The van der Waals surface area contributed by atoms with Gasteiger partial charge >= 0.3 is 5.97 Å². The summed E-state index contributed by atoms with van der Waals surface area (Å²) >= 11 is 5.75. The van der Waals surface area contributed by atoms with E-state index in [9.17, 15) is 4.79 Å². The molecule has 0 heterocycles. The molecule has 0 bridgehead atoms. The molecular formula is C13H10ClNO3. The van der Waals surface area contributed by atoms with Gasteiger partial charge in [-0.25, -0.2) is 4.79 Å². The van der Waals surface area contributed by atoms with Crippen LogP contribution in [0.15, 0.2) is 42.5 Å². The van der Waals surface area contributed by atoms with Crippen LogP contribution in [0.25, 0.3) is 0 Å². The third-order valence-electron chi connectivity index (χ3n) is 2.28. The van der Waals surface area contributed by atoms with E-state index >= 15 is 0 Å². The quantitative estimate of drug-likeness (QED) is 0.833. The van der Waals surface area contributed by atoms with E-state index in [1.165, 1.54) is 18.2 Å². The molecule has 0 spiro atoms. The van der Waals surface area contributed by atoms with Crippen molar-refractivity contribution in [3.8, 4) is 11.5 Å². The molecule has 3 N–H and O–H groups in total. The second-order valence-corrected chi connectivity index (χ2v) is 4.05. The van der Waals surface area contributed by atoms with Crippen LogP contribution in [0.2, 0.25) is 5.02 Å². The van der Waals surface area contributed by atoms with Crippen LogP contribution >= 0.6 is 11.6 Å². The Morgan fingerprint density at radius 2 is 1.83 bits per heavy atom. The maximum Gasteiger partial charge on any atom is 0.339 e. The second kappa shape index (κ2) is 4.98. The Balaban J connectivity index is 2.35. The number of hydrogen-bond donors (Lipinski definition) is 2. The predicted molar refractivity (Wildman–Crippen MR) is 69.3 cm³/mol. The number of carboxylic acids is 1. The Kier molecular flexibility index (Phi) is 3.39. The molecule has 0 atom stereocenters. The summed E-state index contributed by atoms with van der Waals surface area (Å²) < 4.78 is 5.49. The lowest BCUT2D eigenvalue weighted by molar-refractivity contribution is 0.0694. The number of carboxylic acid groups (broad SMARTS) is 1. The third-order valence-corrected chi connectivity index (χ3v) is 2.53. The number of hydrogen-bond acceptors (Lipinski definition) is 3. The first-order valence-corrected chi connectivity index (χ1v) is 5.50. The van der Waals surface area contributed by atoms with Gasteiger partial charge in [0.05, 0.1) is 0 Å². The molecule has 0 saturated carbocycles. The second-order valence-electron chi connectivity index (χ2n) is 3.62. The maximum atomic E-state index is 11.0. The SMILES string of the molecule is Nc1ccc(C(=O)O)c(Oc2ccc(Cl)cc2)c1. The number of carbonyl (C=O) groups is 1. The fourth-order valence-electron chi connectivity index (χ4n) is 1.43. The first-order valence-electron chi connectivity index (χ1n) is 5.12. The van der Waals surface area contributed by atoms with Crippen molar-refractivity contribution >= 4 is 23.3 Å². The van der Waals surface area contributed by atoms with Crippen LogP contribution in [0.4, 0.5) is 5.69 Å². The molecule has 2 aromatic carbocycles. The average Bonchev–Trinajstić information content (AvgIpc) is 2.32. The molecule has 0 unspecified atom stereocenters. The van der Waals surface area contributed by atoms with Crippen LogP contribution in [0, 0.1) is 0 Å². The summed E-state index contributed by atoms with van der Waals surface area (Å²) in [6, 6.07) is 11.0. The van der Waals surface area contributed by atoms with Gasteiger partial charge in [0.1, 0.15) is 17.1 Å². The molecule has 92 valence electrons. The van der Waals surface area contributed by atoms with Crippen molar-refractivity contribution in [3.05, 3.63) is 53.1 Å². The molecule has 0 aliphatic heterocycles. The number of anilines is 1. The topological polar surface area (TPSA) is 72.6 Å². The fraction of sp³-hybridized carbons (Fsp3) is 0. The first-order chi connectivity index (χ1) is 8.56. The fourth-order valence-corrected chi connectivity index (χ4v) is 1.56. The van der Waals surface area contributed by atoms with Gasteiger partial charge in [0.2, 0.25) is 0 Å². The average molecular weight is 264 g/mol.